The van der Waals surface area contributed by atoms with Crippen molar-refractivity contribution in [1.29, 1.82) is 0 Å². The maximum Gasteiger partial charge on any atom is -0.0182 e. The van der Waals surface area contributed by atoms with E-state index >= 15 is 0 Å². The van der Waals surface area contributed by atoms with E-state index in [9.17, 15) is 0 Å². The number of benzene rings is 1. The summed E-state index contributed by atoms with van der Waals surface area (Å²) in [7, 11) is 0. The molecule has 0 N–H and O–H groups in total. The molecule has 14 heavy (non-hydrogen) atoms. The highest BCUT2D eigenvalue weighted by molar-refractivity contribution is 5.66. The fraction of sp³-hybridized carbons (Fsp3) is 0.143. The third-order valence-corrected chi connectivity index (χ3v) is 2.23. The summed E-state index contributed by atoms with van der Waals surface area (Å²) >= 11 is 0. The van der Waals surface area contributed by atoms with Crippen LogP contribution in [0.1, 0.15) is 24.5 Å². The van der Waals surface area contributed by atoms with Gasteiger partial charge in [-0.25, -0.2) is 0 Å². The van der Waals surface area contributed by atoms with Crippen LogP contribution >= 0.6 is 0 Å². The molecule has 0 radical (unpaired) electrons. The number of hydrogen-bond acceptors (Lipinski definition) is 0. The predicted molar refractivity (Wildman–Crippen MR) is 65.0 cm³/mol. The summed E-state index contributed by atoms with van der Waals surface area (Å²) in [5, 5.41) is 0. The number of rotatable bonds is 4. The van der Waals surface area contributed by atoms with Gasteiger partial charge in [-0.2, -0.15) is 0 Å². The molecule has 0 atom stereocenters. The van der Waals surface area contributed by atoms with Crippen LogP contribution in [0.3, 0.4) is 0 Å². The molecule has 0 saturated heterocycles. The largest absolute Gasteiger partial charge is 0.0988 e. The fourth-order valence-corrected chi connectivity index (χ4v) is 1.33. The molecule has 0 aliphatic carbocycles. The predicted octanol–water partition coefficient (Wildman–Crippen LogP) is 4.31. The van der Waals surface area contributed by atoms with Crippen LogP contribution in [0.2, 0.25) is 0 Å². The van der Waals surface area contributed by atoms with Crippen LogP contribution in [0.5, 0.6) is 0 Å². The number of allylic oxidation sites excluding steroid dienone is 2. The van der Waals surface area contributed by atoms with Gasteiger partial charge in [0.25, 0.3) is 0 Å². The molecule has 0 saturated carbocycles. The zero-order valence-corrected chi connectivity index (χ0v) is 8.66. The maximum absolute atomic E-state index is 3.80. The van der Waals surface area contributed by atoms with Crippen LogP contribution in [-0.4, -0.2) is 0 Å². The zero-order valence-electron chi connectivity index (χ0n) is 8.66. The van der Waals surface area contributed by atoms with Crippen LogP contribution in [0.25, 0.3) is 12.2 Å². The Hall–Kier alpha value is -1.56. The molecular weight excluding hydrogens is 168 g/mol. The normalized spacial score (nSPS) is 11.1. The van der Waals surface area contributed by atoms with Gasteiger partial charge in [0.2, 0.25) is 0 Å². The summed E-state index contributed by atoms with van der Waals surface area (Å²) in [6.45, 7) is 9.71. The molecule has 0 heteroatoms. The molecule has 0 aliphatic rings. The highest BCUT2D eigenvalue weighted by Gasteiger charge is 1.95. The second-order valence-corrected chi connectivity index (χ2v) is 3.11. The molecule has 0 aliphatic heterocycles. The van der Waals surface area contributed by atoms with Crippen LogP contribution in [0.4, 0.5) is 0 Å². The van der Waals surface area contributed by atoms with E-state index in [1.54, 1.807) is 0 Å². The Kier molecular flexibility index (Phi) is 3.93. The van der Waals surface area contributed by atoms with E-state index in [0.29, 0.717) is 0 Å². The molecular formula is C14H16. The molecule has 0 fully saturated rings. The van der Waals surface area contributed by atoms with E-state index in [1.807, 2.05) is 24.3 Å². The molecule has 0 amide bonds. The summed E-state index contributed by atoms with van der Waals surface area (Å²) < 4.78 is 0. The van der Waals surface area contributed by atoms with E-state index in [0.717, 1.165) is 6.42 Å². The van der Waals surface area contributed by atoms with Gasteiger partial charge in [0.15, 0.2) is 0 Å². The second-order valence-electron chi connectivity index (χ2n) is 3.11. The first-order chi connectivity index (χ1) is 6.81. The Morgan fingerprint density at radius 2 is 1.86 bits per heavy atom. The van der Waals surface area contributed by atoms with Crippen molar-refractivity contribution >= 4 is 12.2 Å². The standard InChI is InChI=1S/C14H16/c1-4-12(5-2)11-14-10-8-7-9-13(14)6-3/h4,6-11H,1,3,5H2,2H3/b12-11+. The van der Waals surface area contributed by atoms with Gasteiger partial charge in [-0.3, -0.25) is 0 Å². The Bertz CT molecular complexity index is 356. The Balaban J connectivity index is 3.12. The Morgan fingerprint density at radius 1 is 1.21 bits per heavy atom. The minimum atomic E-state index is 1.01. The molecule has 1 aromatic rings. The highest BCUT2D eigenvalue weighted by atomic mass is 14.0. The Morgan fingerprint density at radius 3 is 2.36 bits per heavy atom. The summed E-state index contributed by atoms with van der Waals surface area (Å²) in [6, 6.07) is 8.22. The fourth-order valence-electron chi connectivity index (χ4n) is 1.33. The lowest BCUT2D eigenvalue weighted by molar-refractivity contribution is 1.16. The van der Waals surface area contributed by atoms with Crippen LogP contribution in [-0.2, 0) is 0 Å². The van der Waals surface area contributed by atoms with Crippen molar-refractivity contribution in [3.63, 3.8) is 0 Å². The van der Waals surface area contributed by atoms with E-state index in [1.165, 1.54) is 16.7 Å². The number of hydrogen-bond donors (Lipinski definition) is 0. The lowest BCUT2D eigenvalue weighted by atomic mass is 10.0. The molecule has 0 bridgehead atoms. The summed E-state index contributed by atoms with van der Waals surface area (Å²) in [5.41, 5.74) is 3.62. The molecule has 0 spiro atoms. The van der Waals surface area contributed by atoms with E-state index in [4.69, 9.17) is 0 Å². The first-order valence-electron chi connectivity index (χ1n) is 4.86. The van der Waals surface area contributed by atoms with Crippen molar-refractivity contribution in [2.45, 2.75) is 13.3 Å². The molecule has 1 aromatic carbocycles. The quantitative estimate of drug-likeness (QED) is 0.612. The zero-order chi connectivity index (χ0) is 10.4. The minimum Gasteiger partial charge on any atom is -0.0988 e. The lowest BCUT2D eigenvalue weighted by Crippen LogP contribution is -1.81. The van der Waals surface area contributed by atoms with E-state index in [-0.39, 0.29) is 0 Å². The van der Waals surface area contributed by atoms with Crippen molar-refractivity contribution in [3.8, 4) is 0 Å². The summed E-state index contributed by atoms with van der Waals surface area (Å²) in [6.07, 6.45) is 6.95. The van der Waals surface area contributed by atoms with Gasteiger partial charge in [0.1, 0.15) is 0 Å². The van der Waals surface area contributed by atoms with Gasteiger partial charge in [-0.15, -0.1) is 0 Å². The first kappa shape index (κ1) is 10.5. The first-order valence-corrected chi connectivity index (χ1v) is 4.86. The lowest BCUT2D eigenvalue weighted by Gasteiger charge is -2.02. The van der Waals surface area contributed by atoms with Crippen molar-refractivity contribution in [2.75, 3.05) is 0 Å². The summed E-state index contributed by atoms with van der Waals surface area (Å²) in [5.74, 6) is 0. The second kappa shape index (κ2) is 5.23. The van der Waals surface area contributed by atoms with Crippen LogP contribution in [0.15, 0.2) is 49.1 Å². The van der Waals surface area contributed by atoms with Gasteiger partial charge in [0.05, 0.1) is 0 Å². The maximum atomic E-state index is 3.80. The topological polar surface area (TPSA) is 0 Å². The highest BCUT2D eigenvalue weighted by Crippen LogP contribution is 2.15. The van der Waals surface area contributed by atoms with Gasteiger partial charge in [-0.1, -0.05) is 62.6 Å². The third kappa shape index (κ3) is 2.46. The SMILES string of the molecule is C=C/C(=C\c1ccccc1C=C)CC. The third-order valence-electron chi connectivity index (χ3n) is 2.23. The Labute approximate surface area is 86.3 Å². The van der Waals surface area contributed by atoms with Crippen molar-refractivity contribution in [3.05, 3.63) is 60.2 Å². The monoisotopic (exact) mass is 184 g/mol. The molecule has 0 aromatic heterocycles. The smallest absolute Gasteiger partial charge is 0.0182 e. The van der Waals surface area contributed by atoms with Gasteiger partial charge in [-0.05, 0) is 23.1 Å². The van der Waals surface area contributed by atoms with Crippen molar-refractivity contribution in [1.82, 2.24) is 0 Å². The van der Waals surface area contributed by atoms with Crippen molar-refractivity contribution in [2.24, 2.45) is 0 Å². The van der Waals surface area contributed by atoms with Crippen LogP contribution < -0.4 is 0 Å². The molecule has 72 valence electrons. The average Bonchev–Trinajstić information content (AvgIpc) is 2.26. The average molecular weight is 184 g/mol. The molecule has 0 heterocycles. The van der Waals surface area contributed by atoms with Gasteiger partial charge < -0.3 is 0 Å². The van der Waals surface area contributed by atoms with E-state index in [2.05, 4.69) is 38.3 Å². The van der Waals surface area contributed by atoms with Gasteiger partial charge >= 0.3 is 0 Å². The molecule has 1 rings (SSSR count). The molecule has 0 unspecified atom stereocenters. The minimum absolute atomic E-state index is 1.01. The molecule has 0 nitrogen and oxygen atoms in total. The van der Waals surface area contributed by atoms with E-state index < -0.39 is 0 Å². The van der Waals surface area contributed by atoms with Crippen molar-refractivity contribution < 1.29 is 0 Å². The summed E-state index contributed by atoms with van der Waals surface area (Å²) in [4.78, 5) is 0. The van der Waals surface area contributed by atoms with Gasteiger partial charge in [0, 0.05) is 0 Å². The van der Waals surface area contributed by atoms with Crippen LogP contribution in [0, 0.1) is 0 Å².